The van der Waals surface area contributed by atoms with E-state index in [0.29, 0.717) is 0 Å². The second-order valence-corrected chi connectivity index (χ2v) is 0.891. The molecular formula is C4H4O5Rb6+4. The Labute approximate surface area is 383 Å². The fraction of sp³-hybridized carbons (Fsp3) is 0. The number of ether oxygens (including phenoxy) is 3. The van der Waals surface area contributed by atoms with Crippen LogP contribution in [0.3, 0.4) is 0 Å². The molecule has 0 N–H and O–H groups in total. The van der Waals surface area contributed by atoms with Crippen molar-refractivity contribution in [2.24, 2.45) is 0 Å². The van der Waals surface area contributed by atoms with Gasteiger partial charge in [0.1, 0.15) is 0 Å². The Kier molecular flexibility index (Phi) is 103. The van der Waals surface area contributed by atoms with Crippen molar-refractivity contribution in [1.29, 1.82) is 0 Å². The summed E-state index contributed by atoms with van der Waals surface area (Å²) in [4.78, 5) is 19.9. The summed E-state index contributed by atoms with van der Waals surface area (Å²) >= 11 is 0. The summed E-state index contributed by atoms with van der Waals surface area (Å²) in [5.41, 5.74) is 0. The van der Waals surface area contributed by atoms with Crippen LogP contribution in [-0.2, 0) is 14.2 Å². The Morgan fingerprint density at radius 1 is 0.667 bits per heavy atom. The van der Waals surface area contributed by atoms with Crippen molar-refractivity contribution in [3.63, 3.8) is 0 Å². The molecule has 0 fully saturated rings. The molecule has 0 amide bonds. The Bertz CT molecular complexity index is 119. The molecule has 0 bridgehead atoms. The topological polar surface area (TPSA) is 61.8 Å². The Hall–Kier alpha value is 9.57. The van der Waals surface area contributed by atoms with E-state index in [1.54, 1.807) is 0 Å². The van der Waals surface area contributed by atoms with Crippen molar-refractivity contribution in [2.45, 2.75) is 0 Å². The van der Waals surface area contributed by atoms with Crippen LogP contribution in [0.1, 0.15) is 0 Å². The zero-order valence-electron chi connectivity index (χ0n) is 10.5. The molecule has 0 aliphatic rings. The first-order valence-corrected chi connectivity index (χ1v) is 1.80. The molecule has 0 saturated carbocycles. The van der Waals surface area contributed by atoms with Gasteiger partial charge in [-0.15, -0.1) is 0 Å². The van der Waals surface area contributed by atoms with Gasteiger partial charge < -0.3 is 14.2 Å². The number of hydrogen-bond acceptors (Lipinski definition) is 5. The van der Waals surface area contributed by atoms with Gasteiger partial charge in [-0.3, -0.25) is 0 Å². The molecule has 0 aliphatic carbocycles. The molecule has 0 radical (unpaired) electrons. The van der Waals surface area contributed by atoms with Gasteiger partial charge in [-0.1, -0.05) is 0 Å². The Morgan fingerprint density at radius 2 is 0.867 bits per heavy atom. The zero-order valence-corrected chi connectivity index (χ0v) is 40.0. The second kappa shape index (κ2) is 34.8. The van der Waals surface area contributed by atoms with Gasteiger partial charge in [0.05, 0.1) is 0 Å². The van der Waals surface area contributed by atoms with Gasteiger partial charge >= 0.3 is 361 Å². The molecule has 0 aromatic carbocycles. The maximum absolute atomic E-state index is 9.95. The van der Waals surface area contributed by atoms with E-state index in [-0.39, 0.29) is 349 Å². The summed E-state index contributed by atoms with van der Waals surface area (Å²) in [7, 11) is 5.34. The normalized spacial score (nSPS) is 4.67. The van der Waals surface area contributed by atoms with Gasteiger partial charge in [0.2, 0.25) is 0 Å². The summed E-state index contributed by atoms with van der Waals surface area (Å²) in [5, 5.41) is 0. The molecule has 15 heavy (non-hydrogen) atoms. The minimum Gasteiger partial charge on any atom is -0.608 e. The third-order valence-electron chi connectivity index (χ3n) is 0.402. The van der Waals surface area contributed by atoms with E-state index < -0.39 is 12.3 Å². The van der Waals surface area contributed by atoms with Gasteiger partial charge in [0, 0.05) is 0 Å². The van der Waals surface area contributed by atoms with Gasteiger partial charge in [-0.05, 0) is 0 Å². The van der Waals surface area contributed by atoms with Crippen LogP contribution in [0.15, 0.2) is 0 Å². The van der Waals surface area contributed by atoms with Crippen LogP contribution >= 0.6 is 0 Å². The summed E-state index contributed by atoms with van der Waals surface area (Å²) in [6.07, 6.45) is -2.47. The molecule has 0 heterocycles. The molecule has 0 aromatic rings. The second-order valence-electron chi connectivity index (χ2n) is 0.891. The van der Waals surface area contributed by atoms with Crippen LogP contribution in [0, 0.1) is 14.2 Å². The molecule has 0 rings (SSSR count). The molecule has 0 aliphatic heterocycles. The summed E-state index contributed by atoms with van der Waals surface area (Å²) in [6, 6.07) is 0. The van der Waals surface area contributed by atoms with Gasteiger partial charge in [0.25, 0.3) is 0 Å². The minimum atomic E-state index is -1.23. The molecule has 5 nitrogen and oxygen atoms in total. The Balaban J connectivity index is -0.0000000213. The Morgan fingerprint density at radius 3 is 1.00 bits per heavy atom. The minimum absolute atomic E-state index is 0. The van der Waals surface area contributed by atoms with Crippen molar-refractivity contribution in [2.75, 3.05) is 0 Å². The molecule has 0 aromatic heterocycles. The molecular weight excluding hydrogens is 641 g/mol. The fourth-order valence-electron chi connectivity index (χ4n) is 0.127. The molecule has 11 heteroatoms. The van der Waals surface area contributed by atoms with Gasteiger partial charge in [0.15, 0.2) is 0 Å². The quantitative estimate of drug-likeness (QED) is 0.149. The van der Waals surface area contributed by atoms with Crippen LogP contribution < -0.4 is 349 Å². The predicted molar refractivity (Wildman–Crippen MR) is 24.8 cm³/mol. The van der Waals surface area contributed by atoms with Gasteiger partial charge in [-0.25, -0.2) is 9.59 Å². The van der Waals surface area contributed by atoms with Crippen molar-refractivity contribution in [1.82, 2.24) is 0 Å². The smallest absolute Gasteiger partial charge is 0.608 e. The van der Waals surface area contributed by atoms with Crippen LogP contribution in [0.4, 0.5) is 9.59 Å². The van der Waals surface area contributed by atoms with E-state index in [4.69, 9.17) is 0 Å². The first-order chi connectivity index (χ1) is 4.20. The summed E-state index contributed by atoms with van der Waals surface area (Å²) < 4.78 is 11.1. The molecule has 0 spiro atoms. The van der Waals surface area contributed by atoms with Crippen molar-refractivity contribution in [3.05, 3.63) is 14.2 Å². The number of rotatable bonds is 0. The first kappa shape index (κ1) is 44.2. The van der Waals surface area contributed by atoms with Crippen LogP contribution in [0.25, 0.3) is 0 Å². The first-order valence-electron chi connectivity index (χ1n) is 1.80. The third-order valence-corrected chi connectivity index (χ3v) is 0.402. The largest absolute Gasteiger partial charge is 1.00 e. The van der Waals surface area contributed by atoms with Gasteiger partial charge in [-0.2, -0.15) is 14.2 Å². The predicted octanol–water partition coefficient (Wildman–Crippen LogP) is -17.1. The van der Waals surface area contributed by atoms with Crippen LogP contribution in [0.2, 0.25) is 0 Å². The van der Waals surface area contributed by atoms with Crippen molar-refractivity contribution < 1.29 is 373 Å². The van der Waals surface area contributed by atoms with E-state index in [2.05, 4.69) is 28.4 Å². The maximum Gasteiger partial charge on any atom is 1.00 e. The van der Waals surface area contributed by atoms with Crippen molar-refractivity contribution >= 4 is 12.3 Å². The average molecular weight is 645 g/mol. The number of hydrogen-bond donors (Lipinski definition) is 0. The molecule has 52 valence electrons. The van der Waals surface area contributed by atoms with E-state index in [1.807, 2.05) is 0 Å². The molecule has 0 unspecified atom stereocenters. The maximum atomic E-state index is 9.95. The zero-order chi connectivity index (χ0) is 7.28. The third kappa shape index (κ3) is 35.5. The average Bonchev–Trinajstić information content (AvgIpc) is 1.87. The number of carbonyl (C=O) groups is 2. The summed E-state index contributed by atoms with van der Waals surface area (Å²) in [6.45, 7) is 0. The fourth-order valence-corrected chi connectivity index (χ4v) is 0.127. The van der Waals surface area contributed by atoms with Crippen LogP contribution in [0.5, 0.6) is 0 Å². The van der Waals surface area contributed by atoms with E-state index >= 15 is 0 Å². The number of carbonyl (C=O) groups excluding carboxylic acids is 2. The van der Waals surface area contributed by atoms with E-state index in [0.717, 1.165) is 0 Å². The molecule has 0 saturated heterocycles. The molecule has 0 atom stereocenters. The van der Waals surface area contributed by atoms with E-state index in [1.165, 1.54) is 0 Å². The summed E-state index contributed by atoms with van der Waals surface area (Å²) in [5.74, 6) is 0. The standard InChI is InChI=1S/C4H4O5.6Rb/c1-7-3(5)9-4(6)8-2;;;;;;/h1-2H2;;;;;;/q-2;6*+1. The SMILES string of the molecule is [CH2-]OC(=O)OC(=O)O[CH2-].[Rb+].[Rb+].[Rb+].[Rb+].[Rb+].[Rb+]. The van der Waals surface area contributed by atoms with Crippen LogP contribution in [-0.4, -0.2) is 12.3 Å². The van der Waals surface area contributed by atoms with Crippen molar-refractivity contribution in [3.8, 4) is 0 Å². The van der Waals surface area contributed by atoms with E-state index in [9.17, 15) is 9.59 Å². The monoisotopic (exact) mass is 641 g/mol.